The van der Waals surface area contributed by atoms with Crippen molar-refractivity contribution in [2.45, 2.75) is 25.6 Å². The topological polar surface area (TPSA) is 119 Å². The maximum absolute atomic E-state index is 12.4. The van der Waals surface area contributed by atoms with Gasteiger partial charge < -0.3 is 14.6 Å². The van der Waals surface area contributed by atoms with Crippen LogP contribution in [0.3, 0.4) is 0 Å². The normalized spacial score (nSPS) is 12.4. The fourth-order valence-corrected chi connectivity index (χ4v) is 3.36. The third-order valence-electron chi connectivity index (χ3n) is 5.01. The molecule has 4 aromatic rings. The van der Waals surface area contributed by atoms with Gasteiger partial charge in [-0.1, -0.05) is 24.3 Å². The van der Waals surface area contributed by atoms with E-state index >= 15 is 0 Å². The van der Waals surface area contributed by atoms with E-state index in [2.05, 4.69) is 20.3 Å². The van der Waals surface area contributed by atoms with Crippen LogP contribution in [0, 0.1) is 5.41 Å². The number of aromatic nitrogens is 5. The summed E-state index contributed by atoms with van der Waals surface area (Å²) in [6, 6.07) is 10.4. The van der Waals surface area contributed by atoms with Gasteiger partial charge in [-0.05, 0) is 24.1 Å². The molecule has 35 heavy (non-hydrogen) atoms. The summed E-state index contributed by atoms with van der Waals surface area (Å²) in [5.74, 6) is 0.164. The van der Waals surface area contributed by atoms with Gasteiger partial charge in [-0.3, -0.25) is 10.4 Å². The van der Waals surface area contributed by atoms with Crippen molar-refractivity contribution in [2.24, 2.45) is 0 Å². The highest BCUT2D eigenvalue weighted by Crippen LogP contribution is 2.27. The quantitative estimate of drug-likeness (QED) is 0.269. The van der Waals surface area contributed by atoms with Crippen LogP contribution in [0.25, 0.3) is 16.4 Å². The highest BCUT2D eigenvalue weighted by molar-refractivity contribution is 6.05. The monoisotopic (exact) mass is 486 g/mol. The number of aliphatic hydroxyl groups is 1. The number of methoxy groups -OCH3 is 1. The number of hydrogen-bond donors (Lipinski definition) is 2. The van der Waals surface area contributed by atoms with Gasteiger partial charge in [0.15, 0.2) is 5.65 Å². The molecule has 3 aromatic heterocycles. The minimum Gasteiger partial charge on any atom is -0.510 e. The summed E-state index contributed by atoms with van der Waals surface area (Å²) >= 11 is 0. The van der Waals surface area contributed by atoms with Gasteiger partial charge in [-0.15, -0.1) is 15.3 Å². The summed E-state index contributed by atoms with van der Waals surface area (Å²) in [5.41, 5.74) is 1.26. The Balaban J connectivity index is 1.61. The Kier molecular flexibility index (Phi) is 6.92. The zero-order chi connectivity index (χ0) is 25.0. The number of pyridine rings is 1. The number of benzene rings is 1. The lowest BCUT2D eigenvalue weighted by Crippen LogP contribution is -2.10. The van der Waals surface area contributed by atoms with E-state index in [1.807, 2.05) is 18.2 Å². The number of nitrogens with one attached hydrogen (secondary N) is 1. The Bertz CT molecular complexity index is 1380. The van der Waals surface area contributed by atoms with Crippen LogP contribution in [0.15, 0.2) is 54.4 Å². The SMILES string of the molecule is COC/C(O)=C/C(=N)c1nnc2c3ccccc3c(OCc3ccc(CCC(F)(F)F)cn3)nn12. The first-order valence-electron chi connectivity index (χ1n) is 10.5. The molecule has 4 rings (SSSR count). The number of hydrogen-bond acceptors (Lipinski definition) is 8. The van der Waals surface area contributed by atoms with E-state index in [4.69, 9.17) is 14.9 Å². The minimum atomic E-state index is -4.22. The molecule has 3 heterocycles. The highest BCUT2D eigenvalue weighted by Gasteiger charge is 2.26. The van der Waals surface area contributed by atoms with E-state index < -0.39 is 12.6 Å². The van der Waals surface area contributed by atoms with Gasteiger partial charge in [0.25, 0.3) is 0 Å². The Morgan fingerprint density at radius 2 is 1.91 bits per heavy atom. The van der Waals surface area contributed by atoms with Crippen molar-refractivity contribution < 1.29 is 27.8 Å². The molecular weight excluding hydrogens is 465 g/mol. The first kappa shape index (κ1) is 24.1. The summed E-state index contributed by atoms with van der Waals surface area (Å²) in [4.78, 5) is 4.19. The summed E-state index contributed by atoms with van der Waals surface area (Å²) in [5, 5.41) is 32.1. The summed E-state index contributed by atoms with van der Waals surface area (Å²) in [7, 11) is 1.42. The zero-order valence-corrected chi connectivity index (χ0v) is 18.6. The lowest BCUT2D eigenvalue weighted by Gasteiger charge is -2.10. The van der Waals surface area contributed by atoms with Gasteiger partial charge in [0.1, 0.15) is 24.7 Å². The molecule has 0 radical (unpaired) electrons. The molecule has 0 saturated carbocycles. The predicted octanol–water partition coefficient (Wildman–Crippen LogP) is 4.20. The molecule has 1 aromatic carbocycles. The molecule has 2 N–H and O–H groups in total. The van der Waals surface area contributed by atoms with E-state index in [9.17, 15) is 18.3 Å². The molecule has 12 heteroatoms. The molecule has 0 spiro atoms. The minimum absolute atomic E-state index is 0.0193. The third-order valence-corrected chi connectivity index (χ3v) is 5.01. The number of aliphatic hydroxyl groups excluding tert-OH is 1. The van der Waals surface area contributed by atoms with E-state index in [1.165, 1.54) is 23.9 Å². The van der Waals surface area contributed by atoms with Crippen LogP contribution in [0.4, 0.5) is 13.2 Å². The fraction of sp³-hybridized carbons (Fsp3) is 0.261. The number of rotatable bonds is 9. The predicted molar refractivity (Wildman–Crippen MR) is 121 cm³/mol. The molecule has 0 aliphatic rings. The van der Waals surface area contributed by atoms with Crippen LogP contribution in [-0.4, -0.2) is 55.5 Å². The van der Waals surface area contributed by atoms with E-state index in [0.717, 1.165) is 0 Å². The Labute approximate surface area is 197 Å². The van der Waals surface area contributed by atoms with Crippen molar-refractivity contribution in [1.82, 2.24) is 24.8 Å². The maximum atomic E-state index is 12.4. The number of nitrogens with zero attached hydrogens (tertiary/aromatic N) is 5. The fourth-order valence-electron chi connectivity index (χ4n) is 3.36. The molecule has 0 unspecified atom stereocenters. The maximum Gasteiger partial charge on any atom is 0.389 e. The zero-order valence-electron chi connectivity index (χ0n) is 18.6. The Hall–Kier alpha value is -4.06. The van der Waals surface area contributed by atoms with Crippen molar-refractivity contribution in [2.75, 3.05) is 13.7 Å². The molecule has 182 valence electrons. The number of allylic oxidation sites excluding steroid dienone is 1. The highest BCUT2D eigenvalue weighted by atomic mass is 19.4. The molecule has 0 aliphatic carbocycles. The van der Waals surface area contributed by atoms with Gasteiger partial charge in [0, 0.05) is 36.6 Å². The number of halogens is 3. The molecule has 0 bridgehead atoms. The third kappa shape index (κ3) is 5.72. The van der Waals surface area contributed by atoms with Gasteiger partial charge >= 0.3 is 6.18 Å². The van der Waals surface area contributed by atoms with E-state index in [-0.39, 0.29) is 42.8 Å². The van der Waals surface area contributed by atoms with Crippen LogP contribution in [0.1, 0.15) is 23.5 Å². The van der Waals surface area contributed by atoms with Crippen LogP contribution >= 0.6 is 0 Å². The van der Waals surface area contributed by atoms with Crippen molar-refractivity contribution in [3.05, 3.63) is 71.5 Å². The first-order chi connectivity index (χ1) is 16.7. The van der Waals surface area contributed by atoms with Crippen LogP contribution in [0.2, 0.25) is 0 Å². The van der Waals surface area contributed by atoms with Gasteiger partial charge in [-0.2, -0.15) is 17.7 Å². The van der Waals surface area contributed by atoms with E-state index in [1.54, 1.807) is 18.2 Å². The number of ether oxygens (including phenoxy) is 2. The summed E-state index contributed by atoms with van der Waals surface area (Å²) in [6.45, 7) is -0.0443. The first-order valence-corrected chi connectivity index (χ1v) is 10.5. The molecule has 0 atom stereocenters. The molecule has 9 nitrogen and oxygen atoms in total. The van der Waals surface area contributed by atoms with Gasteiger partial charge in [0.2, 0.25) is 11.7 Å². The van der Waals surface area contributed by atoms with Crippen molar-refractivity contribution in [1.29, 1.82) is 5.41 Å². The standard InChI is InChI=1S/C23H21F3N6O3/c1-34-13-16(33)10-19(27)21-30-29-20-17-4-2-3-5-18(17)22(31-32(20)21)35-12-15-7-6-14(11-28-15)8-9-23(24,25)26/h2-7,10-11,27,33H,8-9,12-13H2,1H3/b16-10-,27-19?. The van der Waals surface area contributed by atoms with Crippen LogP contribution in [0.5, 0.6) is 5.88 Å². The lowest BCUT2D eigenvalue weighted by atomic mass is 10.1. The summed E-state index contributed by atoms with van der Waals surface area (Å²) < 4.78 is 49.4. The Morgan fingerprint density at radius 3 is 2.60 bits per heavy atom. The van der Waals surface area contributed by atoms with Crippen molar-refractivity contribution in [3.8, 4) is 5.88 Å². The molecular formula is C23H21F3N6O3. The second kappa shape index (κ2) is 10.1. The van der Waals surface area contributed by atoms with Crippen LogP contribution in [-0.2, 0) is 17.8 Å². The van der Waals surface area contributed by atoms with Crippen molar-refractivity contribution in [3.63, 3.8) is 0 Å². The summed E-state index contributed by atoms with van der Waals surface area (Å²) in [6.07, 6.45) is -2.67. The average Bonchev–Trinajstić information content (AvgIpc) is 3.26. The average molecular weight is 486 g/mol. The second-order valence-corrected chi connectivity index (χ2v) is 7.65. The van der Waals surface area contributed by atoms with Gasteiger partial charge in [0.05, 0.1) is 5.69 Å². The molecule has 0 saturated heterocycles. The number of fused-ring (bicyclic) bond motifs is 3. The van der Waals surface area contributed by atoms with E-state index in [0.29, 0.717) is 27.7 Å². The smallest absolute Gasteiger partial charge is 0.389 e. The van der Waals surface area contributed by atoms with Gasteiger partial charge in [-0.25, -0.2) is 0 Å². The van der Waals surface area contributed by atoms with Crippen LogP contribution < -0.4 is 4.74 Å². The molecule has 0 amide bonds. The van der Waals surface area contributed by atoms with Crippen molar-refractivity contribution >= 4 is 22.1 Å². The number of alkyl halides is 3. The largest absolute Gasteiger partial charge is 0.510 e. The molecule has 0 fully saturated rings. The lowest BCUT2D eigenvalue weighted by molar-refractivity contribution is -0.134. The Morgan fingerprint density at radius 1 is 1.14 bits per heavy atom. The molecule has 0 aliphatic heterocycles. The second-order valence-electron chi connectivity index (χ2n) is 7.65. The number of aryl methyl sites for hydroxylation is 1.